The van der Waals surface area contributed by atoms with E-state index in [0.29, 0.717) is 24.2 Å². The van der Waals surface area contributed by atoms with E-state index in [1.165, 1.54) is 6.42 Å². The molecule has 2 aromatic rings. The first-order valence-corrected chi connectivity index (χ1v) is 7.53. The molecule has 4 heteroatoms. The third-order valence-electron chi connectivity index (χ3n) is 3.58. The van der Waals surface area contributed by atoms with Crippen LogP contribution >= 0.6 is 0 Å². The molecule has 21 heavy (non-hydrogen) atoms. The van der Waals surface area contributed by atoms with Gasteiger partial charge in [-0.2, -0.15) is 4.98 Å². The van der Waals surface area contributed by atoms with E-state index in [-0.39, 0.29) is 0 Å². The second-order valence-electron chi connectivity index (χ2n) is 5.15. The summed E-state index contributed by atoms with van der Waals surface area (Å²) in [5.74, 6) is 1.98. The van der Waals surface area contributed by atoms with Crippen LogP contribution in [0, 0.1) is 5.92 Å². The summed E-state index contributed by atoms with van der Waals surface area (Å²) < 4.78 is 5.27. The highest BCUT2D eigenvalue weighted by Gasteiger charge is 2.08. The molecular formula is C17H23N3O. The minimum atomic E-state index is 0.575. The summed E-state index contributed by atoms with van der Waals surface area (Å²) in [6.45, 7) is 7.62. The van der Waals surface area contributed by atoms with Crippen molar-refractivity contribution < 1.29 is 4.52 Å². The van der Waals surface area contributed by atoms with Crippen molar-refractivity contribution in [2.24, 2.45) is 5.92 Å². The molecule has 0 aliphatic rings. The third-order valence-corrected chi connectivity index (χ3v) is 3.58. The Morgan fingerprint density at radius 2 is 2.14 bits per heavy atom. The molecule has 0 spiro atoms. The third kappa shape index (κ3) is 4.83. The molecule has 1 N–H and O–H groups in total. The van der Waals surface area contributed by atoms with Gasteiger partial charge in [-0.15, -0.1) is 6.58 Å². The van der Waals surface area contributed by atoms with Crippen LogP contribution in [0.2, 0.25) is 0 Å². The maximum atomic E-state index is 5.27. The van der Waals surface area contributed by atoms with Gasteiger partial charge in [0.15, 0.2) is 5.82 Å². The molecule has 0 aliphatic carbocycles. The van der Waals surface area contributed by atoms with Crippen molar-refractivity contribution in [2.75, 3.05) is 6.54 Å². The maximum absolute atomic E-state index is 5.27. The Bertz CT molecular complexity index is 536. The second-order valence-corrected chi connectivity index (χ2v) is 5.15. The van der Waals surface area contributed by atoms with E-state index in [1.54, 1.807) is 0 Å². The highest BCUT2D eigenvalue weighted by atomic mass is 16.5. The molecule has 0 saturated heterocycles. The average Bonchev–Trinajstić information content (AvgIpc) is 3.00. The fraction of sp³-hybridized carbons (Fsp3) is 0.412. The summed E-state index contributed by atoms with van der Waals surface area (Å²) in [5, 5.41) is 7.37. The largest absolute Gasteiger partial charge is 0.334 e. The normalized spacial score (nSPS) is 12.2. The maximum Gasteiger partial charge on any atom is 0.257 e. The number of hydrogen-bond acceptors (Lipinski definition) is 4. The first kappa shape index (κ1) is 15.4. The monoisotopic (exact) mass is 285 g/mol. The Kier molecular flexibility index (Phi) is 6.16. The van der Waals surface area contributed by atoms with Gasteiger partial charge in [-0.05, 0) is 37.4 Å². The van der Waals surface area contributed by atoms with Gasteiger partial charge >= 0.3 is 0 Å². The molecular weight excluding hydrogens is 262 g/mol. The van der Waals surface area contributed by atoms with Gasteiger partial charge < -0.3 is 9.84 Å². The molecule has 1 heterocycles. The van der Waals surface area contributed by atoms with Crippen LogP contribution in [-0.4, -0.2) is 16.7 Å². The van der Waals surface area contributed by atoms with Gasteiger partial charge in [-0.3, -0.25) is 0 Å². The molecule has 0 radical (unpaired) electrons. The van der Waals surface area contributed by atoms with Gasteiger partial charge in [-0.1, -0.05) is 42.8 Å². The SMILES string of the molecule is C=CCC(CC)CCNCc1noc(-c2ccccc2)n1. The Morgan fingerprint density at radius 3 is 2.86 bits per heavy atom. The van der Waals surface area contributed by atoms with Crippen LogP contribution in [0.5, 0.6) is 0 Å². The van der Waals surface area contributed by atoms with Gasteiger partial charge in [0.25, 0.3) is 5.89 Å². The molecule has 0 fully saturated rings. The highest BCUT2D eigenvalue weighted by Crippen LogP contribution is 2.16. The standard InChI is InChI=1S/C17H23N3O/c1-3-8-14(4-2)11-12-18-13-16-19-17(21-20-16)15-9-6-5-7-10-15/h3,5-7,9-10,14,18H,1,4,8,11-13H2,2H3. The lowest BCUT2D eigenvalue weighted by Gasteiger charge is -2.11. The van der Waals surface area contributed by atoms with Gasteiger partial charge in [0, 0.05) is 5.56 Å². The second kappa shape index (κ2) is 8.37. The smallest absolute Gasteiger partial charge is 0.257 e. The van der Waals surface area contributed by atoms with Crippen molar-refractivity contribution in [1.29, 1.82) is 0 Å². The minimum Gasteiger partial charge on any atom is -0.334 e. The van der Waals surface area contributed by atoms with Crippen molar-refractivity contribution in [2.45, 2.75) is 32.7 Å². The predicted octanol–water partition coefficient (Wildman–Crippen LogP) is 3.82. The van der Waals surface area contributed by atoms with E-state index in [0.717, 1.165) is 24.9 Å². The van der Waals surface area contributed by atoms with Gasteiger partial charge in [0.05, 0.1) is 6.54 Å². The molecule has 2 rings (SSSR count). The van der Waals surface area contributed by atoms with E-state index < -0.39 is 0 Å². The van der Waals surface area contributed by atoms with E-state index in [9.17, 15) is 0 Å². The van der Waals surface area contributed by atoms with Gasteiger partial charge in [0.1, 0.15) is 0 Å². The van der Waals surface area contributed by atoms with Crippen LogP contribution < -0.4 is 5.32 Å². The topological polar surface area (TPSA) is 51.0 Å². The molecule has 112 valence electrons. The molecule has 0 aliphatic heterocycles. The lowest BCUT2D eigenvalue weighted by atomic mass is 9.99. The highest BCUT2D eigenvalue weighted by molar-refractivity contribution is 5.51. The first-order valence-electron chi connectivity index (χ1n) is 7.53. The predicted molar refractivity (Wildman–Crippen MR) is 84.7 cm³/mol. The van der Waals surface area contributed by atoms with Crippen LogP contribution in [0.1, 0.15) is 32.0 Å². The lowest BCUT2D eigenvalue weighted by molar-refractivity contribution is 0.415. The number of nitrogens with zero attached hydrogens (tertiary/aromatic N) is 2. The molecule has 1 aromatic heterocycles. The van der Waals surface area contributed by atoms with E-state index >= 15 is 0 Å². The van der Waals surface area contributed by atoms with Crippen molar-refractivity contribution in [3.8, 4) is 11.5 Å². The number of nitrogens with one attached hydrogen (secondary N) is 1. The van der Waals surface area contributed by atoms with Gasteiger partial charge in [0.2, 0.25) is 0 Å². The molecule has 0 amide bonds. The summed E-state index contributed by atoms with van der Waals surface area (Å²) in [6.07, 6.45) is 5.41. The number of rotatable bonds is 9. The fourth-order valence-corrected chi connectivity index (χ4v) is 2.25. The Balaban J connectivity index is 1.77. The fourth-order valence-electron chi connectivity index (χ4n) is 2.25. The summed E-state index contributed by atoms with van der Waals surface area (Å²) in [7, 11) is 0. The van der Waals surface area contributed by atoms with Crippen molar-refractivity contribution in [3.05, 3.63) is 48.8 Å². The molecule has 1 atom stereocenters. The van der Waals surface area contributed by atoms with Crippen LogP contribution in [-0.2, 0) is 6.54 Å². The Labute approximate surface area is 126 Å². The van der Waals surface area contributed by atoms with Gasteiger partial charge in [-0.25, -0.2) is 0 Å². The number of allylic oxidation sites excluding steroid dienone is 1. The van der Waals surface area contributed by atoms with Crippen LogP contribution in [0.25, 0.3) is 11.5 Å². The van der Waals surface area contributed by atoms with Crippen LogP contribution in [0.4, 0.5) is 0 Å². The molecule has 0 bridgehead atoms. The lowest BCUT2D eigenvalue weighted by Crippen LogP contribution is -2.18. The van der Waals surface area contributed by atoms with Crippen LogP contribution in [0.15, 0.2) is 47.5 Å². The molecule has 1 unspecified atom stereocenters. The molecule has 0 saturated carbocycles. The summed E-state index contributed by atoms with van der Waals surface area (Å²) in [4.78, 5) is 4.40. The van der Waals surface area contributed by atoms with Crippen molar-refractivity contribution in [3.63, 3.8) is 0 Å². The number of hydrogen-bond donors (Lipinski definition) is 1. The summed E-state index contributed by atoms with van der Waals surface area (Å²) in [5.41, 5.74) is 0.952. The number of aromatic nitrogens is 2. The Hall–Kier alpha value is -1.94. The van der Waals surface area contributed by atoms with E-state index in [4.69, 9.17) is 4.52 Å². The summed E-state index contributed by atoms with van der Waals surface area (Å²) >= 11 is 0. The quantitative estimate of drug-likeness (QED) is 0.562. The van der Waals surface area contributed by atoms with E-state index in [1.807, 2.05) is 36.4 Å². The van der Waals surface area contributed by atoms with Crippen molar-refractivity contribution in [1.82, 2.24) is 15.5 Å². The molecule has 4 nitrogen and oxygen atoms in total. The molecule has 1 aromatic carbocycles. The van der Waals surface area contributed by atoms with Crippen LogP contribution in [0.3, 0.4) is 0 Å². The zero-order chi connectivity index (χ0) is 14.9. The number of benzene rings is 1. The zero-order valence-corrected chi connectivity index (χ0v) is 12.6. The van der Waals surface area contributed by atoms with Crippen molar-refractivity contribution >= 4 is 0 Å². The Morgan fingerprint density at radius 1 is 1.33 bits per heavy atom. The zero-order valence-electron chi connectivity index (χ0n) is 12.6. The first-order chi connectivity index (χ1) is 10.3. The van der Waals surface area contributed by atoms with E-state index in [2.05, 4.69) is 29.0 Å². The summed E-state index contributed by atoms with van der Waals surface area (Å²) in [6, 6.07) is 9.82. The minimum absolute atomic E-state index is 0.575. The average molecular weight is 285 g/mol.